The fourth-order valence-electron chi connectivity index (χ4n) is 1.64. The topological polar surface area (TPSA) is 61.8 Å². The summed E-state index contributed by atoms with van der Waals surface area (Å²) in [7, 11) is 0. The average Bonchev–Trinajstić information content (AvgIpc) is 2.29. The summed E-state index contributed by atoms with van der Waals surface area (Å²) in [5, 5.41) is 12.1. The third-order valence-corrected chi connectivity index (χ3v) is 2.62. The molecule has 0 bridgehead atoms. The van der Waals surface area contributed by atoms with Crippen LogP contribution >= 0.6 is 0 Å². The number of aliphatic hydroxyl groups is 1. The van der Waals surface area contributed by atoms with E-state index in [1.807, 2.05) is 4.90 Å². The second-order valence-electron chi connectivity index (χ2n) is 4.16. The summed E-state index contributed by atoms with van der Waals surface area (Å²) in [4.78, 5) is 13.5. The van der Waals surface area contributed by atoms with Crippen LogP contribution in [0.5, 0.6) is 0 Å². The van der Waals surface area contributed by atoms with Gasteiger partial charge in [0.2, 0.25) is 5.91 Å². The van der Waals surface area contributed by atoms with E-state index < -0.39 is 0 Å². The smallest absolute Gasteiger partial charge is 0.236 e. The number of nitrogens with one attached hydrogen (secondary N) is 1. The van der Waals surface area contributed by atoms with Crippen molar-refractivity contribution in [2.24, 2.45) is 0 Å². The van der Waals surface area contributed by atoms with Crippen molar-refractivity contribution in [1.29, 1.82) is 0 Å². The summed E-state index contributed by atoms with van der Waals surface area (Å²) in [5.74, 6) is 0.139. The highest BCUT2D eigenvalue weighted by atomic mass is 16.5. The van der Waals surface area contributed by atoms with E-state index >= 15 is 0 Å². The third-order valence-electron chi connectivity index (χ3n) is 2.62. The Hall–Kier alpha value is -0.650. The fourth-order valence-corrected chi connectivity index (χ4v) is 1.64. The van der Waals surface area contributed by atoms with Gasteiger partial charge < -0.3 is 20.1 Å². The van der Waals surface area contributed by atoms with E-state index in [-0.39, 0.29) is 12.0 Å². The van der Waals surface area contributed by atoms with Crippen LogP contribution in [0, 0.1) is 0 Å². The van der Waals surface area contributed by atoms with Crippen LogP contribution in [0.3, 0.4) is 0 Å². The van der Waals surface area contributed by atoms with Crippen LogP contribution in [0.2, 0.25) is 0 Å². The minimum Gasteiger partial charge on any atom is -0.393 e. The van der Waals surface area contributed by atoms with E-state index in [0.29, 0.717) is 32.8 Å². The zero-order chi connectivity index (χ0) is 11.8. The first-order chi connectivity index (χ1) is 7.70. The quantitative estimate of drug-likeness (QED) is 0.609. The Morgan fingerprint density at radius 3 is 2.81 bits per heavy atom. The minimum atomic E-state index is -0.253. The molecule has 1 rings (SSSR count). The summed E-state index contributed by atoms with van der Waals surface area (Å²) in [5.41, 5.74) is 0. The largest absolute Gasteiger partial charge is 0.393 e. The van der Waals surface area contributed by atoms with Gasteiger partial charge in [0.1, 0.15) is 0 Å². The van der Waals surface area contributed by atoms with Gasteiger partial charge in [-0.15, -0.1) is 0 Å². The molecule has 1 saturated heterocycles. The Bertz CT molecular complexity index is 203. The molecular formula is C11H22N2O3. The molecule has 1 atom stereocenters. The monoisotopic (exact) mass is 230 g/mol. The van der Waals surface area contributed by atoms with E-state index in [1.54, 1.807) is 6.92 Å². The number of carbonyl (C=O) groups is 1. The molecule has 1 heterocycles. The van der Waals surface area contributed by atoms with Crippen molar-refractivity contribution < 1.29 is 14.6 Å². The van der Waals surface area contributed by atoms with Crippen molar-refractivity contribution in [3.05, 3.63) is 0 Å². The number of hydrogen-bond acceptors (Lipinski definition) is 4. The van der Waals surface area contributed by atoms with E-state index in [2.05, 4.69) is 5.32 Å². The lowest BCUT2D eigenvalue weighted by atomic mass is 10.2. The van der Waals surface area contributed by atoms with Gasteiger partial charge >= 0.3 is 0 Å². The highest BCUT2D eigenvalue weighted by Crippen LogP contribution is 1.97. The zero-order valence-electron chi connectivity index (χ0n) is 9.95. The number of hydrogen-bond donors (Lipinski definition) is 2. The molecule has 0 radical (unpaired) electrons. The van der Waals surface area contributed by atoms with Crippen LogP contribution in [0.1, 0.15) is 19.8 Å². The van der Waals surface area contributed by atoms with Gasteiger partial charge in [0.25, 0.3) is 0 Å². The molecule has 1 aliphatic rings. The highest BCUT2D eigenvalue weighted by Gasteiger charge is 2.15. The summed E-state index contributed by atoms with van der Waals surface area (Å²) < 4.78 is 5.18. The molecule has 1 unspecified atom stereocenters. The number of aliphatic hydroxyl groups excluding tert-OH is 1. The maximum absolute atomic E-state index is 11.7. The van der Waals surface area contributed by atoms with Crippen LogP contribution < -0.4 is 5.32 Å². The Morgan fingerprint density at radius 1 is 1.50 bits per heavy atom. The molecule has 16 heavy (non-hydrogen) atoms. The first-order valence-electron chi connectivity index (χ1n) is 5.94. The van der Waals surface area contributed by atoms with Gasteiger partial charge in [-0.25, -0.2) is 0 Å². The molecule has 2 N–H and O–H groups in total. The van der Waals surface area contributed by atoms with Gasteiger partial charge in [-0.1, -0.05) is 0 Å². The van der Waals surface area contributed by atoms with Crippen LogP contribution in [0.4, 0.5) is 0 Å². The average molecular weight is 230 g/mol. The summed E-state index contributed by atoms with van der Waals surface area (Å²) in [6, 6.07) is 0. The minimum absolute atomic E-state index is 0.139. The molecule has 0 spiro atoms. The number of nitrogens with zero attached hydrogens (tertiary/aromatic N) is 1. The molecule has 0 aliphatic carbocycles. The Labute approximate surface area is 96.8 Å². The van der Waals surface area contributed by atoms with Gasteiger partial charge in [-0.2, -0.15) is 0 Å². The molecule has 5 heteroatoms. The molecular weight excluding hydrogens is 208 g/mol. The Kier molecular flexibility index (Phi) is 6.37. The van der Waals surface area contributed by atoms with E-state index in [9.17, 15) is 4.79 Å². The number of carbonyl (C=O) groups excluding carboxylic acids is 1. The normalized spacial score (nSPS) is 18.5. The van der Waals surface area contributed by atoms with Crippen LogP contribution in [-0.4, -0.2) is 61.4 Å². The first-order valence-corrected chi connectivity index (χ1v) is 5.94. The summed E-state index contributed by atoms with van der Waals surface area (Å²) in [6.07, 6.45) is 1.42. The third kappa shape index (κ3) is 5.44. The molecule has 1 aliphatic heterocycles. The number of morpholine rings is 1. The van der Waals surface area contributed by atoms with Crippen LogP contribution in [0.15, 0.2) is 0 Å². The van der Waals surface area contributed by atoms with Crippen molar-refractivity contribution >= 4 is 5.91 Å². The maximum atomic E-state index is 11.7. The molecule has 0 aromatic carbocycles. The van der Waals surface area contributed by atoms with E-state index in [1.165, 1.54) is 0 Å². The molecule has 94 valence electrons. The molecule has 0 aromatic rings. The number of amides is 1. The Balaban J connectivity index is 2.01. The maximum Gasteiger partial charge on any atom is 0.236 e. The number of ether oxygens (including phenoxy) is 1. The lowest BCUT2D eigenvalue weighted by molar-refractivity contribution is -0.134. The molecule has 0 saturated carbocycles. The van der Waals surface area contributed by atoms with Gasteiger partial charge in [-0.3, -0.25) is 4.79 Å². The van der Waals surface area contributed by atoms with Crippen molar-refractivity contribution in [1.82, 2.24) is 10.2 Å². The lowest BCUT2D eigenvalue weighted by Gasteiger charge is -2.26. The second kappa shape index (κ2) is 7.60. The summed E-state index contributed by atoms with van der Waals surface area (Å²) in [6.45, 7) is 5.64. The van der Waals surface area contributed by atoms with Crippen molar-refractivity contribution in [3.8, 4) is 0 Å². The number of rotatable bonds is 6. The van der Waals surface area contributed by atoms with Crippen LogP contribution in [-0.2, 0) is 9.53 Å². The second-order valence-corrected chi connectivity index (χ2v) is 4.16. The SMILES string of the molecule is CC(O)CCCNCC(=O)N1CCOCC1. The predicted octanol–water partition coefficient (Wildman–Crippen LogP) is -0.404. The molecule has 5 nitrogen and oxygen atoms in total. The zero-order valence-corrected chi connectivity index (χ0v) is 9.95. The Morgan fingerprint density at radius 2 is 2.19 bits per heavy atom. The molecule has 1 fully saturated rings. The van der Waals surface area contributed by atoms with Gasteiger partial charge in [0.15, 0.2) is 0 Å². The van der Waals surface area contributed by atoms with Crippen LogP contribution in [0.25, 0.3) is 0 Å². The van der Waals surface area contributed by atoms with Gasteiger partial charge in [-0.05, 0) is 26.3 Å². The van der Waals surface area contributed by atoms with Gasteiger partial charge in [0, 0.05) is 13.1 Å². The fraction of sp³-hybridized carbons (Fsp3) is 0.909. The highest BCUT2D eigenvalue weighted by molar-refractivity contribution is 5.78. The first kappa shape index (κ1) is 13.4. The van der Waals surface area contributed by atoms with Crippen molar-refractivity contribution in [3.63, 3.8) is 0 Å². The molecule has 1 amide bonds. The van der Waals surface area contributed by atoms with E-state index in [0.717, 1.165) is 19.4 Å². The van der Waals surface area contributed by atoms with E-state index in [4.69, 9.17) is 9.84 Å². The van der Waals surface area contributed by atoms with Crippen molar-refractivity contribution in [2.75, 3.05) is 39.4 Å². The molecule has 0 aromatic heterocycles. The predicted molar refractivity (Wildman–Crippen MR) is 61.2 cm³/mol. The lowest BCUT2D eigenvalue weighted by Crippen LogP contribution is -2.44. The van der Waals surface area contributed by atoms with Gasteiger partial charge in [0.05, 0.1) is 25.9 Å². The standard InChI is InChI=1S/C11H22N2O3/c1-10(14)3-2-4-12-9-11(15)13-5-7-16-8-6-13/h10,12,14H,2-9H2,1H3. The summed E-state index contributed by atoms with van der Waals surface area (Å²) >= 11 is 0. The van der Waals surface area contributed by atoms with Crippen molar-refractivity contribution in [2.45, 2.75) is 25.9 Å².